The predicted octanol–water partition coefficient (Wildman–Crippen LogP) is 5.43. The first-order valence-corrected chi connectivity index (χ1v) is 9.26. The summed E-state index contributed by atoms with van der Waals surface area (Å²) in [5.74, 6) is 0. The van der Waals surface area contributed by atoms with E-state index in [1.165, 1.54) is 0 Å². The molecule has 0 bridgehead atoms. The van der Waals surface area contributed by atoms with Crippen LogP contribution in [0.5, 0.6) is 0 Å². The number of rotatable bonds is 3. The van der Waals surface area contributed by atoms with Crippen molar-refractivity contribution >= 4 is 21.9 Å². The van der Waals surface area contributed by atoms with Gasteiger partial charge in [0.25, 0.3) is 0 Å². The monoisotopic (exact) mass is 377 g/mol. The van der Waals surface area contributed by atoms with E-state index in [1.807, 2.05) is 30.5 Å². The molecule has 6 rings (SSSR count). The van der Waals surface area contributed by atoms with E-state index in [-0.39, 0.29) is 0 Å². The van der Waals surface area contributed by atoms with Crippen LogP contribution in [-0.4, -0.2) is 25.1 Å². The minimum absolute atomic E-state index is 0.756. The molecular formula is C23H15N5O. The molecule has 0 radical (unpaired) electrons. The molecule has 0 aliphatic rings. The van der Waals surface area contributed by atoms with Crippen LogP contribution in [-0.2, 0) is 0 Å². The van der Waals surface area contributed by atoms with E-state index in [4.69, 9.17) is 4.42 Å². The van der Waals surface area contributed by atoms with Crippen LogP contribution in [0.3, 0.4) is 0 Å². The van der Waals surface area contributed by atoms with Gasteiger partial charge in [0, 0.05) is 46.0 Å². The summed E-state index contributed by atoms with van der Waals surface area (Å²) in [6.45, 7) is 0. The van der Waals surface area contributed by atoms with Gasteiger partial charge in [-0.05, 0) is 47.5 Å². The summed E-state index contributed by atoms with van der Waals surface area (Å²) in [5, 5.41) is 9.67. The van der Waals surface area contributed by atoms with Crippen molar-refractivity contribution in [2.75, 3.05) is 0 Å². The van der Waals surface area contributed by atoms with Crippen LogP contribution in [0.4, 0.5) is 0 Å². The molecule has 1 aromatic carbocycles. The third-order valence-corrected chi connectivity index (χ3v) is 5.18. The largest absolute Gasteiger partial charge is 0.472 e. The summed E-state index contributed by atoms with van der Waals surface area (Å²) in [6.07, 6.45) is 8.86. The fourth-order valence-corrected chi connectivity index (χ4v) is 3.76. The van der Waals surface area contributed by atoms with Gasteiger partial charge in [-0.1, -0.05) is 12.1 Å². The van der Waals surface area contributed by atoms with Crippen molar-refractivity contribution in [2.45, 2.75) is 0 Å². The lowest BCUT2D eigenvalue weighted by atomic mass is 10.0. The highest BCUT2D eigenvalue weighted by atomic mass is 16.3. The molecule has 2 N–H and O–H groups in total. The topological polar surface area (TPSA) is 83.4 Å². The molecule has 5 aromatic heterocycles. The highest BCUT2D eigenvalue weighted by Crippen LogP contribution is 2.34. The van der Waals surface area contributed by atoms with Crippen LogP contribution in [0.1, 0.15) is 0 Å². The Morgan fingerprint density at radius 2 is 1.79 bits per heavy atom. The number of hydrogen-bond acceptors (Lipinski definition) is 4. The molecule has 0 saturated carbocycles. The molecule has 0 fully saturated rings. The zero-order chi connectivity index (χ0) is 19.2. The Balaban J connectivity index is 1.53. The van der Waals surface area contributed by atoms with Gasteiger partial charge < -0.3 is 9.40 Å². The molecule has 0 aliphatic heterocycles. The maximum Gasteiger partial charge on any atom is 0.155 e. The van der Waals surface area contributed by atoms with E-state index < -0.39 is 0 Å². The Morgan fingerprint density at radius 1 is 0.862 bits per heavy atom. The third-order valence-electron chi connectivity index (χ3n) is 5.18. The van der Waals surface area contributed by atoms with Gasteiger partial charge in [0.05, 0.1) is 18.2 Å². The number of nitrogens with one attached hydrogen (secondary N) is 2. The van der Waals surface area contributed by atoms with Crippen molar-refractivity contribution in [1.82, 2.24) is 25.1 Å². The Kier molecular flexibility index (Phi) is 3.37. The molecule has 0 aliphatic carbocycles. The molecule has 0 atom stereocenters. The summed E-state index contributed by atoms with van der Waals surface area (Å²) in [6, 6.07) is 16.4. The summed E-state index contributed by atoms with van der Waals surface area (Å²) in [7, 11) is 0. The van der Waals surface area contributed by atoms with Crippen molar-refractivity contribution in [1.29, 1.82) is 0 Å². The van der Waals surface area contributed by atoms with Crippen LogP contribution < -0.4 is 0 Å². The first-order chi connectivity index (χ1) is 14.4. The van der Waals surface area contributed by atoms with Crippen molar-refractivity contribution in [3.05, 3.63) is 79.6 Å². The van der Waals surface area contributed by atoms with Crippen molar-refractivity contribution in [3.8, 4) is 33.6 Å². The lowest BCUT2D eigenvalue weighted by Gasteiger charge is -2.01. The molecule has 0 spiro atoms. The van der Waals surface area contributed by atoms with Crippen LogP contribution >= 0.6 is 0 Å². The van der Waals surface area contributed by atoms with Gasteiger partial charge in [-0.25, -0.2) is 4.98 Å². The summed E-state index contributed by atoms with van der Waals surface area (Å²) in [5.41, 5.74) is 7.86. The zero-order valence-electron chi connectivity index (χ0n) is 15.3. The Morgan fingerprint density at radius 3 is 2.66 bits per heavy atom. The summed E-state index contributed by atoms with van der Waals surface area (Å²) in [4.78, 5) is 12.1. The van der Waals surface area contributed by atoms with Crippen molar-refractivity contribution < 1.29 is 4.42 Å². The molecule has 138 valence electrons. The quantitative estimate of drug-likeness (QED) is 0.431. The van der Waals surface area contributed by atoms with E-state index in [0.29, 0.717) is 0 Å². The maximum atomic E-state index is 5.27. The maximum absolute atomic E-state index is 5.27. The van der Waals surface area contributed by atoms with E-state index in [0.717, 1.165) is 55.6 Å². The normalized spacial score (nSPS) is 11.4. The summed E-state index contributed by atoms with van der Waals surface area (Å²) < 4.78 is 5.27. The highest BCUT2D eigenvalue weighted by molar-refractivity contribution is 6.01. The molecule has 29 heavy (non-hydrogen) atoms. The van der Waals surface area contributed by atoms with Gasteiger partial charge in [0.2, 0.25) is 0 Å². The predicted molar refractivity (Wildman–Crippen MR) is 112 cm³/mol. The molecule has 6 heteroatoms. The van der Waals surface area contributed by atoms with Gasteiger partial charge in [-0.2, -0.15) is 5.10 Å². The standard InChI is InChI=1S/C23H15N5O/c1-2-17(15-6-9-29-13-15)18-11-21(26-20(18)3-1)22-19-10-16(12-25-23(19)28-27-22)14-4-7-24-8-5-14/h1-13,26H,(H,25,27,28). The molecule has 0 amide bonds. The Bertz CT molecular complexity index is 1450. The van der Waals surface area contributed by atoms with Gasteiger partial charge >= 0.3 is 0 Å². The third kappa shape index (κ3) is 2.54. The van der Waals surface area contributed by atoms with Crippen LogP contribution in [0.2, 0.25) is 0 Å². The number of benzene rings is 1. The molecule has 0 unspecified atom stereocenters. The Hall–Kier alpha value is -4.19. The fourth-order valence-electron chi connectivity index (χ4n) is 3.76. The number of H-pyrrole nitrogens is 2. The second-order valence-electron chi connectivity index (χ2n) is 6.89. The molecular weight excluding hydrogens is 362 g/mol. The van der Waals surface area contributed by atoms with Gasteiger partial charge in [-0.3, -0.25) is 10.1 Å². The summed E-state index contributed by atoms with van der Waals surface area (Å²) >= 11 is 0. The van der Waals surface area contributed by atoms with Gasteiger partial charge in [0.1, 0.15) is 5.69 Å². The van der Waals surface area contributed by atoms with Gasteiger partial charge in [0.15, 0.2) is 5.65 Å². The number of fused-ring (bicyclic) bond motifs is 2. The van der Waals surface area contributed by atoms with Crippen LogP contribution in [0.15, 0.2) is 84.1 Å². The molecule has 5 heterocycles. The van der Waals surface area contributed by atoms with Crippen LogP contribution in [0.25, 0.3) is 55.6 Å². The number of hydrogen-bond donors (Lipinski definition) is 2. The lowest BCUT2D eigenvalue weighted by molar-refractivity contribution is 0.568. The zero-order valence-corrected chi connectivity index (χ0v) is 15.3. The average Bonchev–Trinajstić information content (AvgIpc) is 3.52. The molecule has 6 nitrogen and oxygen atoms in total. The smallest absolute Gasteiger partial charge is 0.155 e. The van der Waals surface area contributed by atoms with Crippen LogP contribution in [0, 0.1) is 0 Å². The number of pyridine rings is 2. The van der Waals surface area contributed by atoms with Crippen molar-refractivity contribution in [2.24, 2.45) is 0 Å². The van der Waals surface area contributed by atoms with E-state index in [9.17, 15) is 0 Å². The second-order valence-corrected chi connectivity index (χ2v) is 6.89. The Labute approximate surface area is 165 Å². The number of nitrogens with zero attached hydrogens (tertiary/aromatic N) is 3. The highest BCUT2D eigenvalue weighted by Gasteiger charge is 2.15. The van der Waals surface area contributed by atoms with E-state index >= 15 is 0 Å². The number of aromatic amines is 2. The SMILES string of the molecule is c1cc(-c2ccoc2)c2cc(-c3n[nH]c4ncc(-c5ccncc5)cc34)[nH]c2c1. The number of furan rings is 1. The molecule has 0 saturated heterocycles. The molecule has 6 aromatic rings. The van der Waals surface area contributed by atoms with Crippen molar-refractivity contribution in [3.63, 3.8) is 0 Å². The van der Waals surface area contributed by atoms with E-state index in [1.54, 1.807) is 24.9 Å². The first kappa shape index (κ1) is 15.8. The minimum atomic E-state index is 0.756. The second kappa shape index (κ2) is 6.17. The number of aromatic nitrogens is 5. The fraction of sp³-hybridized carbons (Fsp3) is 0. The van der Waals surface area contributed by atoms with E-state index in [2.05, 4.69) is 49.4 Å². The average molecular weight is 377 g/mol. The first-order valence-electron chi connectivity index (χ1n) is 9.26. The van der Waals surface area contributed by atoms with Gasteiger partial charge in [-0.15, -0.1) is 0 Å². The lowest BCUT2D eigenvalue weighted by Crippen LogP contribution is -1.83. The minimum Gasteiger partial charge on any atom is -0.472 e.